The number of nitrogens with two attached hydrogens (primary N) is 1. The largest absolute Gasteiger partial charge is 0.324 e. The van der Waals surface area contributed by atoms with Gasteiger partial charge in [0.1, 0.15) is 5.82 Å². The summed E-state index contributed by atoms with van der Waals surface area (Å²) in [6, 6.07) is 11.2. The summed E-state index contributed by atoms with van der Waals surface area (Å²) in [6.45, 7) is 6.09. The van der Waals surface area contributed by atoms with Crippen LogP contribution in [-0.2, 0) is 5.75 Å². The van der Waals surface area contributed by atoms with Crippen LogP contribution in [-0.4, -0.2) is 0 Å². The van der Waals surface area contributed by atoms with Crippen LogP contribution in [0.4, 0.5) is 4.39 Å². The molecule has 2 rings (SSSR count). The fourth-order valence-electron chi connectivity index (χ4n) is 2.32. The number of hydrogen-bond acceptors (Lipinski definition) is 2. The summed E-state index contributed by atoms with van der Waals surface area (Å²) in [5.74, 6) is 0.640. The van der Waals surface area contributed by atoms with Gasteiger partial charge in [-0.3, -0.25) is 0 Å². The van der Waals surface area contributed by atoms with Crippen LogP contribution in [0.15, 0.2) is 41.3 Å². The van der Waals surface area contributed by atoms with Crippen molar-refractivity contribution in [2.75, 3.05) is 0 Å². The Hall–Kier alpha value is -1.32. The van der Waals surface area contributed by atoms with E-state index in [1.165, 1.54) is 28.8 Å². The normalized spacial score (nSPS) is 12.4. The van der Waals surface area contributed by atoms with Gasteiger partial charge in [-0.25, -0.2) is 4.39 Å². The van der Waals surface area contributed by atoms with Crippen molar-refractivity contribution in [3.8, 4) is 0 Å². The first-order valence-corrected chi connectivity index (χ1v) is 7.69. The van der Waals surface area contributed by atoms with Gasteiger partial charge in [0.15, 0.2) is 0 Å². The van der Waals surface area contributed by atoms with Gasteiger partial charge in [-0.15, -0.1) is 11.8 Å². The van der Waals surface area contributed by atoms with Crippen molar-refractivity contribution < 1.29 is 4.39 Å². The highest BCUT2D eigenvalue weighted by molar-refractivity contribution is 7.98. The second-order valence-electron chi connectivity index (χ2n) is 5.26. The quantitative estimate of drug-likeness (QED) is 0.822. The molecule has 0 amide bonds. The van der Waals surface area contributed by atoms with E-state index in [1.54, 1.807) is 11.8 Å². The molecule has 106 valence electrons. The van der Waals surface area contributed by atoms with Crippen LogP contribution in [0, 0.1) is 19.7 Å². The van der Waals surface area contributed by atoms with Crippen LogP contribution in [0.3, 0.4) is 0 Å². The molecule has 1 atom stereocenters. The fraction of sp³-hybridized carbons (Fsp3) is 0.294. The molecule has 0 saturated heterocycles. The minimum absolute atomic E-state index is 0.160. The fourth-order valence-corrected chi connectivity index (χ4v) is 3.38. The number of hydrogen-bond donors (Lipinski definition) is 1. The molecule has 0 aliphatic carbocycles. The average Bonchev–Trinajstić information content (AvgIpc) is 2.36. The summed E-state index contributed by atoms with van der Waals surface area (Å²) in [5.41, 5.74) is 10.6. The lowest BCUT2D eigenvalue weighted by Crippen LogP contribution is -2.07. The van der Waals surface area contributed by atoms with E-state index in [0.29, 0.717) is 0 Å². The average molecular weight is 289 g/mol. The predicted octanol–water partition coefficient (Wildman–Crippen LogP) is 4.75. The number of rotatable bonds is 4. The third kappa shape index (κ3) is 3.84. The van der Waals surface area contributed by atoms with Crippen molar-refractivity contribution in [2.45, 2.75) is 37.5 Å². The van der Waals surface area contributed by atoms with E-state index in [-0.39, 0.29) is 11.9 Å². The van der Waals surface area contributed by atoms with Gasteiger partial charge in [0.05, 0.1) is 0 Å². The first-order chi connectivity index (χ1) is 9.45. The molecule has 2 aromatic rings. The third-order valence-electron chi connectivity index (χ3n) is 3.14. The molecule has 1 nitrogen and oxygen atoms in total. The van der Waals surface area contributed by atoms with E-state index >= 15 is 0 Å². The third-order valence-corrected chi connectivity index (χ3v) is 4.30. The van der Waals surface area contributed by atoms with Crippen molar-refractivity contribution in [1.82, 2.24) is 0 Å². The van der Waals surface area contributed by atoms with Crippen LogP contribution in [0.25, 0.3) is 0 Å². The van der Waals surface area contributed by atoms with Crippen molar-refractivity contribution in [2.24, 2.45) is 5.73 Å². The Kier molecular flexibility index (Phi) is 4.84. The number of aryl methyl sites for hydroxylation is 2. The molecular weight excluding hydrogens is 269 g/mol. The Morgan fingerprint density at radius 3 is 2.35 bits per heavy atom. The first kappa shape index (κ1) is 15.1. The summed E-state index contributed by atoms with van der Waals surface area (Å²) in [4.78, 5) is 1.06. The summed E-state index contributed by atoms with van der Waals surface area (Å²) >= 11 is 1.71. The van der Waals surface area contributed by atoms with Gasteiger partial charge in [-0.05, 0) is 50.1 Å². The van der Waals surface area contributed by atoms with E-state index in [9.17, 15) is 4.39 Å². The maximum atomic E-state index is 13.3. The van der Waals surface area contributed by atoms with E-state index < -0.39 is 0 Å². The molecule has 0 heterocycles. The summed E-state index contributed by atoms with van der Waals surface area (Å²) in [5, 5.41) is 0. The Morgan fingerprint density at radius 2 is 1.75 bits per heavy atom. The van der Waals surface area contributed by atoms with Gasteiger partial charge in [0.2, 0.25) is 0 Å². The topological polar surface area (TPSA) is 26.0 Å². The summed E-state index contributed by atoms with van der Waals surface area (Å²) in [7, 11) is 0. The van der Waals surface area contributed by atoms with Gasteiger partial charge in [-0.1, -0.05) is 29.3 Å². The SMILES string of the molecule is Cc1cc(C)cc(CSc2ccc(F)cc2[C@@H](C)N)c1. The zero-order chi connectivity index (χ0) is 14.7. The van der Waals surface area contributed by atoms with Gasteiger partial charge in [-0.2, -0.15) is 0 Å². The van der Waals surface area contributed by atoms with E-state index in [4.69, 9.17) is 5.73 Å². The van der Waals surface area contributed by atoms with Crippen molar-refractivity contribution >= 4 is 11.8 Å². The molecule has 2 N–H and O–H groups in total. The maximum Gasteiger partial charge on any atom is 0.123 e. The van der Waals surface area contributed by atoms with Crippen LogP contribution >= 0.6 is 11.8 Å². The van der Waals surface area contributed by atoms with Gasteiger partial charge in [0.25, 0.3) is 0 Å². The Bertz CT molecular complexity index is 588. The van der Waals surface area contributed by atoms with Crippen molar-refractivity contribution in [3.05, 3.63) is 64.5 Å². The molecule has 0 aliphatic heterocycles. The lowest BCUT2D eigenvalue weighted by Gasteiger charge is -2.13. The second kappa shape index (κ2) is 6.42. The lowest BCUT2D eigenvalue weighted by atomic mass is 10.1. The van der Waals surface area contributed by atoms with Crippen LogP contribution in [0.1, 0.15) is 35.2 Å². The minimum atomic E-state index is -0.229. The summed E-state index contributed by atoms with van der Waals surface area (Å²) in [6.07, 6.45) is 0. The Balaban J connectivity index is 2.18. The van der Waals surface area contributed by atoms with Crippen molar-refractivity contribution in [1.29, 1.82) is 0 Å². The Morgan fingerprint density at radius 1 is 1.10 bits per heavy atom. The molecule has 0 fully saturated rings. The Labute approximate surface area is 124 Å². The van der Waals surface area contributed by atoms with Crippen LogP contribution in [0.5, 0.6) is 0 Å². The molecule has 0 aromatic heterocycles. The van der Waals surface area contributed by atoms with Gasteiger partial charge < -0.3 is 5.73 Å². The second-order valence-corrected chi connectivity index (χ2v) is 6.27. The minimum Gasteiger partial charge on any atom is -0.324 e. The molecule has 0 unspecified atom stereocenters. The van der Waals surface area contributed by atoms with Gasteiger partial charge in [0, 0.05) is 16.7 Å². The van der Waals surface area contributed by atoms with E-state index in [0.717, 1.165) is 16.2 Å². The van der Waals surface area contributed by atoms with Crippen molar-refractivity contribution in [3.63, 3.8) is 0 Å². The number of halogens is 1. The number of benzene rings is 2. The summed E-state index contributed by atoms with van der Waals surface area (Å²) < 4.78 is 13.3. The highest BCUT2D eigenvalue weighted by Crippen LogP contribution is 2.30. The molecule has 0 saturated carbocycles. The smallest absolute Gasteiger partial charge is 0.123 e. The maximum absolute atomic E-state index is 13.3. The van der Waals surface area contributed by atoms with E-state index in [2.05, 4.69) is 32.0 Å². The van der Waals surface area contributed by atoms with Crippen LogP contribution in [0.2, 0.25) is 0 Å². The first-order valence-electron chi connectivity index (χ1n) is 6.70. The predicted molar refractivity (Wildman–Crippen MR) is 84.5 cm³/mol. The molecule has 20 heavy (non-hydrogen) atoms. The highest BCUT2D eigenvalue weighted by atomic mass is 32.2. The molecule has 3 heteroatoms. The molecule has 0 spiro atoms. The molecule has 2 aromatic carbocycles. The molecule has 0 bridgehead atoms. The lowest BCUT2D eigenvalue weighted by molar-refractivity contribution is 0.619. The van der Waals surface area contributed by atoms with Gasteiger partial charge >= 0.3 is 0 Å². The zero-order valence-corrected chi connectivity index (χ0v) is 12.9. The zero-order valence-electron chi connectivity index (χ0n) is 12.1. The van der Waals surface area contributed by atoms with E-state index in [1.807, 2.05) is 13.0 Å². The molecule has 0 aliphatic rings. The highest BCUT2D eigenvalue weighted by Gasteiger charge is 2.09. The monoisotopic (exact) mass is 289 g/mol. The molecule has 0 radical (unpaired) electrons. The standard InChI is InChI=1S/C17H20FNS/c1-11-6-12(2)8-14(7-11)10-20-17-5-4-15(18)9-16(17)13(3)19/h4-9,13H,10,19H2,1-3H3/t13-/m1/s1. The molecular formula is C17H20FNS. The van der Waals surface area contributed by atoms with Crippen LogP contribution < -0.4 is 5.73 Å². The number of thioether (sulfide) groups is 1.